The molecule has 7 nitrogen and oxygen atoms in total. The number of anilines is 1. The van der Waals surface area contributed by atoms with Crippen LogP contribution in [0.25, 0.3) is 0 Å². The number of hydrogen-bond donors (Lipinski definition) is 2. The van der Waals surface area contributed by atoms with Gasteiger partial charge in [-0.05, 0) is 19.1 Å². The van der Waals surface area contributed by atoms with Crippen molar-refractivity contribution >= 4 is 33.0 Å². The highest BCUT2D eigenvalue weighted by Crippen LogP contribution is 2.26. The van der Waals surface area contributed by atoms with E-state index in [1.165, 1.54) is 19.1 Å². The average molecular weight is 328 g/mol. The standard InChI is InChI=1S/C12H12N2O5S2/c1-8-11(20-12(17)13-8)21(18,19)14(7-10(15)16)9-5-3-2-4-6-9/h2-6H,7H2,1H3,(H,13,17)(H,15,16). The highest BCUT2D eigenvalue weighted by Gasteiger charge is 2.30. The van der Waals surface area contributed by atoms with Crippen LogP contribution in [0.2, 0.25) is 0 Å². The van der Waals surface area contributed by atoms with Gasteiger partial charge >= 0.3 is 10.8 Å². The number of aromatic nitrogens is 1. The number of sulfonamides is 1. The monoisotopic (exact) mass is 328 g/mol. The molecule has 0 radical (unpaired) electrons. The molecule has 0 fully saturated rings. The van der Waals surface area contributed by atoms with Gasteiger partial charge in [-0.2, -0.15) is 0 Å². The quantitative estimate of drug-likeness (QED) is 0.852. The number of aromatic amines is 1. The average Bonchev–Trinajstić information content (AvgIpc) is 2.76. The van der Waals surface area contributed by atoms with Crippen LogP contribution in [0.15, 0.2) is 39.3 Å². The van der Waals surface area contributed by atoms with Crippen molar-refractivity contribution in [2.45, 2.75) is 11.1 Å². The molecule has 2 aromatic rings. The van der Waals surface area contributed by atoms with Crippen molar-refractivity contribution in [3.8, 4) is 0 Å². The first kappa shape index (κ1) is 15.3. The summed E-state index contributed by atoms with van der Waals surface area (Å²) in [5.41, 5.74) is 0.413. The number of carbonyl (C=O) groups is 1. The van der Waals surface area contributed by atoms with Gasteiger partial charge in [0.05, 0.1) is 5.69 Å². The molecule has 0 amide bonds. The van der Waals surface area contributed by atoms with E-state index >= 15 is 0 Å². The Bertz CT molecular complexity index is 808. The molecule has 0 bridgehead atoms. The number of aryl methyl sites for hydroxylation is 1. The van der Waals surface area contributed by atoms with Crippen molar-refractivity contribution in [3.63, 3.8) is 0 Å². The van der Waals surface area contributed by atoms with E-state index in [1.54, 1.807) is 18.2 Å². The third kappa shape index (κ3) is 3.14. The normalized spacial score (nSPS) is 11.3. The van der Waals surface area contributed by atoms with Crippen LogP contribution in [0.3, 0.4) is 0 Å². The third-order valence-electron chi connectivity index (χ3n) is 2.63. The van der Waals surface area contributed by atoms with Crippen LogP contribution in [0.4, 0.5) is 5.69 Å². The van der Waals surface area contributed by atoms with Crippen molar-refractivity contribution in [1.82, 2.24) is 4.98 Å². The summed E-state index contributed by atoms with van der Waals surface area (Å²) in [6.07, 6.45) is 0. The number of nitrogens with zero attached hydrogens (tertiary/aromatic N) is 1. The fourth-order valence-electron chi connectivity index (χ4n) is 1.77. The second kappa shape index (κ2) is 5.70. The van der Waals surface area contributed by atoms with Crippen LogP contribution >= 0.6 is 11.3 Å². The first-order chi connectivity index (χ1) is 9.82. The fourth-order valence-corrected chi connectivity index (χ4v) is 4.58. The van der Waals surface area contributed by atoms with Crippen LogP contribution in [-0.4, -0.2) is 31.0 Å². The number of hydrogen-bond acceptors (Lipinski definition) is 5. The number of thiazole rings is 1. The van der Waals surface area contributed by atoms with Crippen molar-refractivity contribution < 1.29 is 18.3 Å². The molecule has 1 aromatic carbocycles. The third-order valence-corrected chi connectivity index (χ3v) is 5.98. The first-order valence-electron chi connectivity index (χ1n) is 5.81. The molecule has 0 aliphatic heterocycles. The molecule has 0 aliphatic carbocycles. The number of nitrogens with one attached hydrogen (secondary N) is 1. The van der Waals surface area contributed by atoms with E-state index in [2.05, 4.69) is 4.98 Å². The van der Waals surface area contributed by atoms with Gasteiger partial charge in [0.1, 0.15) is 6.54 Å². The van der Waals surface area contributed by atoms with E-state index in [0.29, 0.717) is 11.3 Å². The second-order valence-corrected chi connectivity index (χ2v) is 7.21. The Morgan fingerprint density at radius 3 is 2.43 bits per heavy atom. The molecule has 0 spiro atoms. The summed E-state index contributed by atoms with van der Waals surface area (Å²) in [6, 6.07) is 7.88. The molecule has 1 aromatic heterocycles. The highest BCUT2D eigenvalue weighted by molar-refractivity contribution is 7.94. The van der Waals surface area contributed by atoms with E-state index < -0.39 is 27.4 Å². The van der Waals surface area contributed by atoms with Crippen LogP contribution in [0.5, 0.6) is 0 Å². The number of benzene rings is 1. The molecule has 21 heavy (non-hydrogen) atoms. The first-order valence-corrected chi connectivity index (χ1v) is 8.07. The van der Waals surface area contributed by atoms with E-state index in [0.717, 1.165) is 4.31 Å². The van der Waals surface area contributed by atoms with Gasteiger partial charge in [0.15, 0.2) is 4.21 Å². The number of para-hydroxylation sites is 1. The van der Waals surface area contributed by atoms with Crippen molar-refractivity contribution in [2.24, 2.45) is 0 Å². The molecular weight excluding hydrogens is 316 g/mol. The van der Waals surface area contributed by atoms with Crippen molar-refractivity contribution in [1.29, 1.82) is 0 Å². The lowest BCUT2D eigenvalue weighted by Crippen LogP contribution is -2.35. The van der Waals surface area contributed by atoms with E-state index in [1.807, 2.05) is 0 Å². The molecule has 0 saturated heterocycles. The minimum Gasteiger partial charge on any atom is -0.480 e. The Morgan fingerprint density at radius 1 is 1.33 bits per heavy atom. The fraction of sp³-hybridized carbons (Fsp3) is 0.167. The predicted molar refractivity (Wildman–Crippen MR) is 78.3 cm³/mol. The minimum absolute atomic E-state index is 0.183. The summed E-state index contributed by atoms with van der Waals surface area (Å²) < 4.78 is 25.8. The summed E-state index contributed by atoms with van der Waals surface area (Å²) in [6.45, 7) is 0.729. The molecule has 0 saturated carbocycles. The minimum atomic E-state index is -4.12. The lowest BCUT2D eigenvalue weighted by Gasteiger charge is -2.21. The number of rotatable bonds is 5. The molecular formula is C12H12N2O5S2. The summed E-state index contributed by atoms with van der Waals surface area (Å²) in [5.74, 6) is -1.29. The maximum absolute atomic E-state index is 12.6. The summed E-state index contributed by atoms with van der Waals surface area (Å²) in [5, 5.41) is 8.96. The molecule has 2 N–H and O–H groups in total. The smallest absolute Gasteiger partial charge is 0.324 e. The zero-order chi connectivity index (χ0) is 15.6. The lowest BCUT2D eigenvalue weighted by atomic mass is 10.3. The van der Waals surface area contributed by atoms with Gasteiger partial charge < -0.3 is 10.1 Å². The van der Waals surface area contributed by atoms with Crippen molar-refractivity contribution in [2.75, 3.05) is 10.8 Å². The maximum atomic E-state index is 12.6. The Morgan fingerprint density at radius 2 is 1.95 bits per heavy atom. The second-order valence-electron chi connectivity index (χ2n) is 4.17. The Kier molecular flexibility index (Phi) is 4.14. The number of H-pyrrole nitrogens is 1. The van der Waals surface area contributed by atoms with E-state index in [4.69, 9.17) is 5.11 Å². The number of carboxylic acids is 1. The SMILES string of the molecule is Cc1[nH]c(=O)sc1S(=O)(=O)N(CC(=O)O)c1ccccc1. The molecule has 112 valence electrons. The molecule has 0 atom stereocenters. The van der Waals surface area contributed by atoms with Gasteiger partial charge in [0.2, 0.25) is 0 Å². The predicted octanol–water partition coefficient (Wildman–Crippen LogP) is 1.02. The van der Waals surface area contributed by atoms with E-state index in [-0.39, 0.29) is 15.6 Å². The van der Waals surface area contributed by atoms with Crippen LogP contribution in [-0.2, 0) is 14.8 Å². The molecule has 9 heteroatoms. The maximum Gasteiger partial charge on any atom is 0.324 e. The zero-order valence-corrected chi connectivity index (χ0v) is 12.6. The number of aliphatic carboxylic acids is 1. The van der Waals surface area contributed by atoms with Gasteiger partial charge in [-0.3, -0.25) is 13.9 Å². The Labute approximate surface area is 124 Å². The summed E-state index contributed by atoms with van der Waals surface area (Å²) >= 11 is 0.538. The lowest BCUT2D eigenvalue weighted by molar-refractivity contribution is -0.135. The Hall–Kier alpha value is -2.13. The van der Waals surface area contributed by atoms with Gasteiger partial charge in [-0.15, -0.1) is 0 Å². The molecule has 1 heterocycles. The van der Waals surface area contributed by atoms with Gasteiger partial charge in [-0.1, -0.05) is 29.5 Å². The largest absolute Gasteiger partial charge is 0.480 e. The molecule has 0 aliphatic rings. The molecule has 2 rings (SSSR count). The Balaban J connectivity index is 2.58. The van der Waals surface area contributed by atoms with Crippen LogP contribution < -0.4 is 9.18 Å². The summed E-state index contributed by atoms with van der Waals surface area (Å²) in [4.78, 5) is 24.2. The van der Waals surface area contributed by atoms with Crippen LogP contribution in [0, 0.1) is 6.92 Å². The molecule has 0 unspecified atom stereocenters. The van der Waals surface area contributed by atoms with Gasteiger partial charge in [-0.25, -0.2) is 8.42 Å². The van der Waals surface area contributed by atoms with Gasteiger partial charge in [0, 0.05) is 5.69 Å². The van der Waals surface area contributed by atoms with Crippen molar-refractivity contribution in [3.05, 3.63) is 45.7 Å². The zero-order valence-electron chi connectivity index (χ0n) is 10.9. The van der Waals surface area contributed by atoms with E-state index in [9.17, 15) is 18.0 Å². The van der Waals surface area contributed by atoms with Crippen LogP contribution in [0.1, 0.15) is 5.69 Å². The van der Waals surface area contributed by atoms with Gasteiger partial charge in [0.25, 0.3) is 10.0 Å². The topological polar surface area (TPSA) is 108 Å². The highest BCUT2D eigenvalue weighted by atomic mass is 32.2. The summed E-state index contributed by atoms with van der Waals surface area (Å²) in [7, 11) is -4.12. The number of carboxylic acid groups (broad SMARTS) is 1.